The second-order valence-electron chi connectivity index (χ2n) is 2.46. The Morgan fingerprint density at radius 2 is 1.71 bits per heavy atom. The van der Waals surface area contributed by atoms with E-state index < -0.39 is 10.4 Å². The standard InChI is InChI=1S/C7H10N2.H2O4S/c1-9(8)7-5-3-2-4-6-7;1-5(2,3)4/h2-6H,8H2,1H3;(H2,1,2,3,4). The molecule has 0 aliphatic carbocycles. The maximum Gasteiger partial charge on any atom is 0.215 e. The second kappa shape index (κ2) is 5.55. The van der Waals surface area contributed by atoms with Gasteiger partial charge in [-0.05, 0) is 12.1 Å². The van der Waals surface area contributed by atoms with E-state index in [1.165, 1.54) is 0 Å². The van der Waals surface area contributed by atoms with Crippen molar-refractivity contribution in [2.75, 3.05) is 12.1 Å². The Labute approximate surface area is 82.5 Å². The molecule has 7 heteroatoms. The molecule has 4 N–H and O–H groups in total. The summed E-state index contributed by atoms with van der Waals surface area (Å²) in [6, 6.07) is 10.0. The van der Waals surface area contributed by atoms with Gasteiger partial charge in [-0.2, -0.15) is 0 Å². The molecule has 6 nitrogen and oxygen atoms in total. The van der Waals surface area contributed by atoms with Crippen LogP contribution in [-0.4, -0.2) is 24.6 Å². The first-order valence-electron chi connectivity index (χ1n) is 3.58. The molecule has 0 fully saturated rings. The molecule has 0 bridgehead atoms. The van der Waals surface area contributed by atoms with E-state index in [-0.39, 0.29) is 0 Å². The molecule has 0 saturated carbocycles. The van der Waals surface area contributed by atoms with Gasteiger partial charge in [0.05, 0.1) is 12.7 Å². The van der Waals surface area contributed by atoms with Gasteiger partial charge in [0.1, 0.15) is 0 Å². The Hall–Kier alpha value is -1.15. The maximum absolute atomic E-state index is 8.63. The van der Waals surface area contributed by atoms with Gasteiger partial charge in [0.25, 0.3) is 0 Å². The van der Waals surface area contributed by atoms with Crippen LogP contribution in [0.4, 0.5) is 5.69 Å². The molecule has 0 heterocycles. The van der Waals surface area contributed by atoms with Gasteiger partial charge >= 0.3 is 0 Å². The van der Waals surface area contributed by atoms with Crippen LogP contribution >= 0.6 is 0 Å². The molecule has 0 saturated heterocycles. The van der Waals surface area contributed by atoms with Crippen LogP contribution in [0.15, 0.2) is 30.3 Å². The Bertz CT molecular complexity index is 341. The number of rotatable bonds is 1. The highest BCUT2D eigenvalue weighted by atomic mass is 32.3. The summed E-state index contributed by atoms with van der Waals surface area (Å²) in [6.45, 7) is 0. The van der Waals surface area contributed by atoms with Crippen molar-refractivity contribution in [3.05, 3.63) is 30.3 Å². The predicted octanol–water partition coefficient (Wildman–Crippen LogP) is -0.716. The fourth-order valence-electron chi connectivity index (χ4n) is 0.682. The van der Waals surface area contributed by atoms with Crippen molar-refractivity contribution in [3.8, 4) is 0 Å². The van der Waals surface area contributed by atoms with E-state index in [4.69, 9.17) is 17.5 Å². The van der Waals surface area contributed by atoms with Crippen LogP contribution < -0.4 is 10.9 Å². The minimum absolute atomic E-state index is 1.14. The Balaban J connectivity index is 0.000000292. The van der Waals surface area contributed by atoms with Gasteiger partial charge in [-0.25, -0.2) is 13.4 Å². The molecule has 0 spiro atoms. The lowest BCUT2D eigenvalue weighted by molar-refractivity contribution is -0.379. The Morgan fingerprint density at radius 3 is 1.93 bits per heavy atom. The van der Waals surface area contributed by atoms with E-state index in [1.54, 1.807) is 0 Å². The lowest BCUT2D eigenvalue weighted by Gasteiger charge is -2.05. The predicted molar refractivity (Wildman–Crippen MR) is 50.1 cm³/mol. The van der Waals surface area contributed by atoms with Crippen molar-refractivity contribution < 1.29 is 23.4 Å². The van der Waals surface area contributed by atoms with Gasteiger partial charge in [0.15, 0.2) is 0 Å². The third kappa shape index (κ3) is 8.94. The van der Waals surface area contributed by atoms with E-state index in [0.29, 0.717) is 0 Å². The molecule has 0 amide bonds. The van der Waals surface area contributed by atoms with Crippen molar-refractivity contribution in [1.82, 2.24) is 0 Å². The van der Waals surface area contributed by atoms with Crippen LogP contribution in [-0.2, 0) is 10.4 Å². The molecule has 1 aromatic rings. The van der Waals surface area contributed by atoms with Crippen molar-refractivity contribution in [2.45, 2.75) is 0 Å². The zero-order valence-corrected chi connectivity index (χ0v) is 8.44. The third-order valence-electron chi connectivity index (χ3n) is 1.20. The first kappa shape index (κ1) is 12.8. The van der Waals surface area contributed by atoms with Crippen LogP contribution in [0.2, 0.25) is 0 Å². The summed E-state index contributed by atoms with van der Waals surface area (Å²) >= 11 is 0. The lowest BCUT2D eigenvalue weighted by Crippen LogP contribution is -2.66. The smallest absolute Gasteiger partial charge is 0.215 e. The van der Waals surface area contributed by atoms with Crippen molar-refractivity contribution in [3.63, 3.8) is 0 Å². The second-order valence-corrected chi connectivity index (χ2v) is 3.32. The molecule has 1 aromatic carbocycles. The van der Waals surface area contributed by atoms with E-state index in [0.717, 1.165) is 5.69 Å². The highest BCUT2D eigenvalue weighted by molar-refractivity contribution is 7.79. The molecule has 14 heavy (non-hydrogen) atoms. The summed E-state index contributed by atoms with van der Waals surface area (Å²) in [5.74, 6) is 3.74. The topological polar surface area (TPSA) is 108 Å². The first-order valence-corrected chi connectivity index (χ1v) is 4.95. The monoisotopic (exact) mass is 220 g/mol. The van der Waals surface area contributed by atoms with Crippen LogP contribution in [0.5, 0.6) is 0 Å². The average molecular weight is 220 g/mol. The Morgan fingerprint density at radius 1 is 1.36 bits per heavy atom. The number of hydrogen-bond donors (Lipinski definition) is 2. The van der Waals surface area contributed by atoms with Crippen molar-refractivity contribution >= 4 is 16.1 Å². The average Bonchev–Trinajstić information content (AvgIpc) is 2.03. The summed E-state index contributed by atoms with van der Waals surface area (Å²) in [5, 5.41) is 1.83. The van der Waals surface area contributed by atoms with Gasteiger partial charge in [-0.3, -0.25) is 10.4 Å². The number of benzene rings is 1. The number of para-hydroxylation sites is 1. The van der Waals surface area contributed by atoms with Crippen LogP contribution in [0.3, 0.4) is 0 Å². The molecule has 0 radical (unpaired) electrons. The molecule has 0 aromatic heterocycles. The van der Waals surface area contributed by atoms with Gasteiger partial charge in [-0.15, -0.1) is 0 Å². The minimum Gasteiger partial charge on any atom is -0.726 e. The molecule has 0 aliphatic rings. The fourth-order valence-corrected chi connectivity index (χ4v) is 0.682. The normalized spacial score (nSPS) is 10.0. The lowest BCUT2D eigenvalue weighted by atomic mass is 10.3. The first-order chi connectivity index (χ1) is 6.30. The zero-order chi connectivity index (χ0) is 11.2. The van der Waals surface area contributed by atoms with Crippen LogP contribution in [0, 0.1) is 0 Å². The van der Waals surface area contributed by atoms with Gasteiger partial charge < -0.3 is 4.55 Å². The quantitative estimate of drug-likeness (QED) is 0.369. The molecule has 0 atom stereocenters. The van der Waals surface area contributed by atoms with Crippen molar-refractivity contribution in [1.29, 1.82) is 0 Å². The molecule has 0 aliphatic heterocycles. The third-order valence-corrected chi connectivity index (χ3v) is 1.20. The van der Waals surface area contributed by atoms with E-state index in [2.05, 4.69) is 5.84 Å². The van der Waals surface area contributed by atoms with Gasteiger partial charge in [-0.1, -0.05) is 18.2 Å². The highest BCUT2D eigenvalue weighted by Crippen LogP contribution is 2.04. The van der Waals surface area contributed by atoms with E-state index in [9.17, 15) is 0 Å². The molecular weight excluding hydrogens is 208 g/mol. The molecule has 1 rings (SSSR count). The highest BCUT2D eigenvalue weighted by Gasteiger charge is 1.91. The SMILES string of the molecule is CN([NH3+])c1ccccc1.O=S(=O)([O-])O. The maximum atomic E-state index is 8.63. The summed E-state index contributed by atoms with van der Waals surface area (Å²) < 4.78 is 32.8. The minimum atomic E-state index is -4.92. The molecule has 80 valence electrons. The number of quaternary nitrogens is 1. The summed E-state index contributed by atoms with van der Waals surface area (Å²) in [7, 11) is -2.99. The summed E-state index contributed by atoms with van der Waals surface area (Å²) in [4.78, 5) is 0. The van der Waals surface area contributed by atoms with Crippen LogP contribution in [0.25, 0.3) is 0 Å². The summed E-state index contributed by atoms with van der Waals surface area (Å²) in [5.41, 5.74) is 1.14. The largest absolute Gasteiger partial charge is 0.726 e. The number of hydrogen-bond acceptors (Lipinski definition) is 4. The molecular formula is C7H12N2O4S. The number of nitrogens with zero attached hydrogens (tertiary/aromatic N) is 1. The van der Waals surface area contributed by atoms with Crippen LogP contribution in [0.1, 0.15) is 0 Å². The summed E-state index contributed by atoms with van der Waals surface area (Å²) in [6.07, 6.45) is 0. The van der Waals surface area contributed by atoms with Crippen molar-refractivity contribution in [2.24, 2.45) is 0 Å². The van der Waals surface area contributed by atoms with E-state index >= 15 is 0 Å². The fraction of sp³-hybridized carbons (Fsp3) is 0.143. The van der Waals surface area contributed by atoms with Gasteiger partial charge in [0.2, 0.25) is 10.4 Å². The van der Waals surface area contributed by atoms with Gasteiger partial charge in [0, 0.05) is 0 Å². The zero-order valence-electron chi connectivity index (χ0n) is 7.62. The number of anilines is 1. The van der Waals surface area contributed by atoms with E-state index in [1.807, 2.05) is 42.4 Å². The Kier molecular flexibility index (Phi) is 5.10. The molecule has 0 unspecified atom stereocenters.